The van der Waals surface area contributed by atoms with Crippen molar-refractivity contribution >= 4 is 18.1 Å². The molecule has 3 heterocycles. The molecule has 0 aliphatic carbocycles. The Morgan fingerprint density at radius 1 is 1.11 bits per heavy atom. The number of aromatic nitrogens is 2. The molecule has 1 aliphatic heterocycles. The largest absolute Gasteiger partial charge is 0.493 e. The molecular formula is C22H21N3O3. The SMILES string of the molecule is COc1cccc(/C=C/c2cc(-c3cc4c([nH]3)CCNC4=O)ccn2)c1OC. The number of hydrogen-bond donors (Lipinski definition) is 2. The Balaban J connectivity index is 1.64. The molecule has 0 bridgehead atoms. The molecule has 2 N–H and O–H groups in total. The van der Waals surface area contributed by atoms with Gasteiger partial charge < -0.3 is 19.8 Å². The Bertz CT molecular complexity index is 1050. The molecule has 1 aliphatic rings. The van der Waals surface area contributed by atoms with E-state index in [1.807, 2.05) is 48.6 Å². The second-order valence-corrected chi connectivity index (χ2v) is 6.47. The first kappa shape index (κ1) is 17.9. The van der Waals surface area contributed by atoms with E-state index in [2.05, 4.69) is 15.3 Å². The number of nitrogens with one attached hydrogen (secondary N) is 2. The number of benzene rings is 1. The van der Waals surface area contributed by atoms with E-state index in [0.29, 0.717) is 18.0 Å². The van der Waals surface area contributed by atoms with E-state index in [1.165, 1.54) is 0 Å². The Morgan fingerprint density at radius 3 is 2.79 bits per heavy atom. The zero-order valence-electron chi connectivity index (χ0n) is 15.8. The maximum Gasteiger partial charge on any atom is 0.253 e. The standard InChI is InChI=1S/C22H21N3O3/c1-27-20-5-3-4-14(21(20)28-2)6-7-16-12-15(8-10-23-16)19-13-17-18(25-19)9-11-24-22(17)26/h3-8,10,12-13,25H,9,11H2,1-2H3,(H,24,26)/b7-6+. The minimum absolute atomic E-state index is 0.0250. The number of fused-ring (bicyclic) bond motifs is 1. The van der Waals surface area contributed by atoms with Crippen LogP contribution in [-0.4, -0.2) is 36.6 Å². The molecule has 6 nitrogen and oxygen atoms in total. The van der Waals surface area contributed by atoms with Gasteiger partial charge >= 0.3 is 0 Å². The lowest BCUT2D eigenvalue weighted by Crippen LogP contribution is -2.31. The van der Waals surface area contributed by atoms with Crippen LogP contribution in [0.5, 0.6) is 11.5 Å². The number of carbonyl (C=O) groups is 1. The van der Waals surface area contributed by atoms with Crippen molar-refractivity contribution in [2.75, 3.05) is 20.8 Å². The topological polar surface area (TPSA) is 76.2 Å². The summed E-state index contributed by atoms with van der Waals surface area (Å²) >= 11 is 0. The molecule has 2 aromatic heterocycles. The van der Waals surface area contributed by atoms with Crippen molar-refractivity contribution in [3.63, 3.8) is 0 Å². The van der Waals surface area contributed by atoms with Crippen molar-refractivity contribution in [3.05, 3.63) is 65.1 Å². The smallest absolute Gasteiger partial charge is 0.253 e. The fourth-order valence-corrected chi connectivity index (χ4v) is 3.37. The van der Waals surface area contributed by atoms with Gasteiger partial charge in [-0.2, -0.15) is 0 Å². The Kier molecular flexibility index (Phi) is 4.85. The number of pyridine rings is 1. The van der Waals surface area contributed by atoms with Gasteiger partial charge in [0.15, 0.2) is 11.5 Å². The summed E-state index contributed by atoms with van der Waals surface area (Å²) in [6.45, 7) is 0.665. The van der Waals surface area contributed by atoms with Gasteiger partial charge in [-0.15, -0.1) is 0 Å². The van der Waals surface area contributed by atoms with E-state index in [0.717, 1.165) is 40.2 Å². The first-order valence-corrected chi connectivity index (χ1v) is 9.05. The lowest BCUT2D eigenvalue weighted by molar-refractivity contribution is 0.0946. The van der Waals surface area contributed by atoms with Crippen LogP contribution in [0.3, 0.4) is 0 Å². The fraction of sp³-hybridized carbons (Fsp3) is 0.182. The van der Waals surface area contributed by atoms with Crippen LogP contribution in [-0.2, 0) is 6.42 Å². The van der Waals surface area contributed by atoms with E-state index < -0.39 is 0 Å². The van der Waals surface area contributed by atoms with Crippen molar-refractivity contribution in [1.29, 1.82) is 0 Å². The number of methoxy groups -OCH3 is 2. The van der Waals surface area contributed by atoms with Gasteiger partial charge in [-0.05, 0) is 36.4 Å². The van der Waals surface area contributed by atoms with Gasteiger partial charge in [-0.3, -0.25) is 9.78 Å². The second-order valence-electron chi connectivity index (χ2n) is 6.47. The summed E-state index contributed by atoms with van der Waals surface area (Å²) in [5.74, 6) is 1.34. The van der Waals surface area contributed by atoms with Crippen molar-refractivity contribution in [3.8, 4) is 22.8 Å². The van der Waals surface area contributed by atoms with Crippen molar-refractivity contribution in [2.24, 2.45) is 0 Å². The molecule has 3 aromatic rings. The highest BCUT2D eigenvalue weighted by Crippen LogP contribution is 2.32. The monoisotopic (exact) mass is 375 g/mol. The molecule has 0 atom stereocenters. The number of hydrogen-bond acceptors (Lipinski definition) is 4. The number of amides is 1. The van der Waals surface area contributed by atoms with E-state index >= 15 is 0 Å². The predicted octanol–water partition coefficient (Wildman–Crippen LogP) is 3.55. The summed E-state index contributed by atoms with van der Waals surface area (Å²) in [4.78, 5) is 19.8. The maximum atomic E-state index is 12.0. The highest BCUT2D eigenvalue weighted by molar-refractivity contribution is 5.97. The van der Waals surface area contributed by atoms with Crippen molar-refractivity contribution in [1.82, 2.24) is 15.3 Å². The van der Waals surface area contributed by atoms with Crippen LogP contribution < -0.4 is 14.8 Å². The average Bonchev–Trinajstić information content (AvgIpc) is 3.18. The molecule has 1 aromatic carbocycles. The van der Waals surface area contributed by atoms with Gasteiger partial charge in [0.1, 0.15) is 0 Å². The summed E-state index contributed by atoms with van der Waals surface area (Å²) in [6.07, 6.45) is 6.45. The first-order valence-electron chi connectivity index (χ1n) is 9.05. The molecule has 0 unspecified atom stereocenters. The second kappa shape index (κ2) is 7.60. The van der Waals surface area contributed by atoms with E-state index in [1.54, 1.807) is 20.4 Å². The van der Waals surface area contributed by atoms with Crippen molar-refractivity contribution in [2.45, 2.75) is 6.42 Å². The van der Waals surface area contributed by atoms with Gasteiger partial charge in [0.25, 0.3) is 5.91 Å². The molecule has 28 heavy (non-hydrogen) atoms. The molecule has 142 valence electrons. The van der Waals surface area contributed by atoms with E-state index in [4.69, 9.17) is 9.47 Å². The molecule has 0 radical (unpaired) electrons. The maximum absolute atomic E-state index is 12.0. The quantitative estimate of drug-likeness (QED) is 0.715. The van der Waals surface area contributed by atoms with Crippen LogP contribution in [0.2, 0.25) is 0 Å². The molecule has 0 saturated heterocycles. The normalized spacial score (nSPS) is 13.3. The molecule has 0 fully saturated rings. The first-order chi connectivity index (χ1) is 13.7. The molecule has 6 heteroatoms. The van der Waals surface area contributed by atoms with Crippen molar-refractivity contribution < 1.29 is 14.3 Å². The molecule has 0 spiro atoms. The van der Waals surface area contributed by atoms with Gasteiger partial charge in [-0.1, -0.05) is 12.1 Å². The lowest BCUT2D eigenvalue weighted by Gasteiger charge is -2.10. The number of nitrogens with zero attached hydrogens (tertiary/aromatic N) is 1. The average molecular weight is 375 g/mol. The third-order valence-electron chi connectivity index (χ3n) is 4.76. The third kappa shape index (κ3) is 3.36. The number of para-hydroxylation sites is 1. The summed E-state index contributed by atoms with van der Waals surface area (Å²) < 4.78 is 10.8. The molecule has 1 amide bonds. The van der Waals surface area contributed by atoms with Gasteiger partial charge in [0.05, 0.1) is 25.5 Å². The highest BCUT2D eigenvalue weighted by atomic mass is 16.5. The number of aromatic amines is 1. The third-order valence-corrected chi connectivity index (χ3v) is 4.76. The van der Waals surface area contributed by atoms with Gasteiger partial charge in [0.2, 0.25) is 0 Å². The molecular weight excluding hydrogens is 354 g/mol. The Labute approximate surface area is 163 Å². The van der Waals surface area contributed by atoms with Gasteiger partial charge in [0, 0.05) is 41.7 Å². The van der Waals surface area contributed by atoms with E-state index in [-0.39, 0.29) is 5.91 Å². The lowest BCUT2D eigenvalue weighted by atomic mass is 10.1. The zero-order valence-corrected chi connectivity index (χ0v) is 15.8. The predicted molar refractivity (Wildman–Crippen MR) is 109 cm³/mol. The minimum atomic E-state index is -0.0250. The summed E-state index contributed by atoms with van der Waals surface area (Å²) in [6, 6.07) is 11.5. The van der Waals surface area contributed by atoms with Crippen LogP contribution in [0.1, 0.15) is 27.3 Å². The summed E-state index contributed by atoms with van der Waals surface area (Å²) in [5.41, 5.74) is 5.30. The number of ether oxygens (including phenoxy) is 2. The van der Waals surface area contributed by atoms with Crippen LogP contribution in [0.4, 0.5) is 0 Å². The van der Waals surface area contributed by atoms with Crippen LogP contribution >= 0.6 is 0 Å². The van der Waals surface area contributed by atoms with Gasteiger partial charge in [-0.25, -0.2) is 0 Å². The zero-order chi connectivity index (χ0) is 19.5. The Hall–Kier alpha value is -3.54. The Morgan fingerprint density at radius 2 is 2.00 bits per heavy atom. The van der Waals surface area contributed by atoms with Crippen LogP contribution in [0.15, 0.2) is 42.6 Å². The fourth-order valence-electron chi connectivity index (χ4n) is 3.37. The minimum Gasteiger partial charge on any atom is -0.493 e. The number of H-pyrrole nitrogens is 1. The summed E-state index contributed by atoms with van der Waals surface area (Å²) in [7, 11) is 3.24. The van der Waals surface area contributed by atoms with Crippen LogP contribution in [0, 0.1) is 0 Å². The molecule has 0 saturated carbocycles. The summed E-state index contributed by atoms with van der Waals surface area (Å²) in [5, 5.41) is 2.87. The number of rotatable bonds is 5. The number of carbonyl (C=O) groups excluding carboxylic acids is 1. The van der Waals surface area contributed by atoms with E-state index in [9.17, 15) is 4.79 Å². The highest BCUT2D eigenvalue weighted by Gasteiger charge is 2.19. The van der Waals surface area contributed by atoms with Crippen LogP contribution in [0.25, 0.3) is 23.4 Å². The molecule has 4 rings (SSSR count).